The molecular weight excluding hydrogens is 498 g/mol. The van der Waals surface area contributed by atoms with Gasteiger partial charge in [0, 0.05) is 27.9 Å². The number of aromatic nitrogens is 3. The monoisotopic (exact) mass is 522 g/mol. The summed E-state index contributed by atoms with van der Waals surface area (Å²) in [6, 6.07) is 37.9. The first-order chi connectivity index (χ1) is 19.7. The van der Waals surface area contributed by atoms with Crippen LogP contribution in [-0.2, 0) is 0 Å². The highest BCUT2D eigenvalue weighted by Gasteiger charge is 2.19. The third kappa shape index (κ3) is 4.19. The Balaban J connectivity index is 1.42. The molecule has 0 atom stereocenters. The van der Waals surface area contributed by atoms with E-state index >= 15 is 0 Å². The minimum absolute atomic E-state index is 0.0280. The molecule has 4 nitrogen and oxygen atoms in total. The zero-order chi connectivity index (χ0) is 27.1. The van der Waals surface area contributed by atoms with Crippen LogP contribution < -0.4 is 0 Å². The molecule has 0 bridgehead atoms. The number of phenols is 1. The number of pyridine rings is 1. The van der Waals surface area contributed by atoms with Crippen molar-refractivity contribution in [3.05, 3.63) is 133 Å². The highest BCUT2D eigenvalue weighted by atomic mass is 32.1. The summed E-state index contributed by atoms with van der Waals surface area (Å²) in [7, 11) is 0. The summed E-state index contributed by atoms with van der Waals surface area (Å²) in [6.07, 6.45) is 1.86. The Bertz CT molecular complexity index is 1960. The van der Waals surface area contributed by atoms with Crippen LogP contribution in [-0.4, -0.2) is 19.6 Å². The average Bonchev–Trinajstić information content (AvgIpc) is 3.67. The lowest BCUT2D eigenvalue weighted by molar-refractivity contribution is 0.477. The van der Waals surface area contributed by atoms with Gasteiger partial charge in [0.2, 0.25) is 0 Å². The summed E-state index contributed by atoms with van der Waals surface area (Å²) in [5.74, 6) is 0.554. The Kier molecular flexibility index (Phi) is 5.48. The van der Waals surface area contributed by atoms with Crippen LogP contribution in [0.5, 0.6) is 5.75 Å². The Morgan fingerprint density at radius 3 is 2.41 bits per heavy atom. The minimum Gasteiger partial charge on any atom is -0.507 e. The van der Waals surface area contributed by atoms with Crippen molar-refractivity contribution in [2.24, 2.45) is 0 Å². The number of aromatic hydroxyl groups is 1. The van der Waals surface area contributed by atoms with Crippen molar-refractivity contribution < 1.29 is 6.48 Å². The summed E-state index contributed by atoms with van der Waals surface area (Å²) < 4.78 is 10.6. The number of thiophene rings is 1. The fourth-order valence-corrected chi connectivity index (χ4v) is 5.70. The van der Waals surface area contributed by atoms with Crippen LogP contribution in [0.1, 0.15) is 1.37 Å². The molecule has 0 aliphatic rings. The normalized spacial score (nSPS) is 11.5. The van der Waals surface area contributed by atoms with Gasteiger partial charge in [-0.3, -0.25) is 9.55 Å². The lowest BCUT2D eigenvalue weighted by Crippen LogP contribution is -1.97. The lowest BCUT2D eigenvalue weighted by atomic mass is 9.99. The van der Waals surface area contributed by atoms with Crippen LogP contribution in [0.4, 0.5) is 0 Å². The van der Waals surface area contributed by atoms with Crippen LogP contribution in [0, 0.1) is 0 Å². The molecule has 5 heteroatoms. The second-order valence-electron chi connectivity index (χ2n) is 9.20. The maximum absolute atomic E-state index is 10.8. The Labute approximate surface area is 231 Å². The number of benzene rings is 4. The van der Waals surface area contributed by atoms with Gasteiger partial charge in [-0.25, -0.2) is 4.98 Å². The van der Waals surface area contributed by atoms with Crippen molar-refractivity contribution in [1.82, 2.24) is 14.5 Å². The molecule has 3 heterocycles. The van der Waals surface area contributed by atoms with Gasteiger partial charge in [-0.1, -0.05) is 66.7 Å². The summed E-state index contributed by atoms with van der Waals surface area (Å²) in [5, 5.41) is 12.9. The molecule has 7 aromatic rings. The highest BCUT2D eigenvalue weighted by Crippen LogP contribution is 2.38. The molecule has 4 aromatic carbocycles. The van der Waals surface area contributed by atoms with E-state index in [1.165, 1.54) is 4.88 Å². The molecule has 1 N–H and O–H groups in total. The van der Waals surface area contributed by atoms with E-state index in [1.54, 1.807) is 29.5 Å². The van der Waals surface area contributed by atoms with E-state index in [4.69, 9.17) is 6.35 Å². The van der Waals surface area contributed by atoms with Gasteiger partial charge in [0.15, 0.2) is 0 Å². The number of nitrogens with zero attached hydrogens (tertiary/aromatic N) is 3. The Morgan fingerprint density at radius 1 is 0.718 bits per heavy atom. The number of para-hydroxylation sites is 3. The van der Waals surface area contributed by atoms with Gasteiger partial charge >= 0.3 is 0 Å². The van der Waals surface area contributed by atoms with Crippen molar-refractivity contribution in [2.45, 2.75) is 0 Å². The summed E-state index contributed by atoms with van der Waals surface area (Å²) in [5.41, 5.74) is 8.04. The lowest BCUT2D eigenvalue weighted by Gasteiger charge is -2.11. The van der Waals surface area contributed by atoms with Crippen LogP contribution in [0.25, 0.3) is 60.9 Å². The van der Waals surface area contributed by atoms with Crippen molar-refractivity contribution in [1.29, 1.82) is 0 Å². The van der Waals surface area contributed by atoms with Crippen molar-refractivity contribution >= 4 is 22.4 Å². The zero-order valence-corrected chi connectivity index (χ0v) is 21.6. The van der Waals surface area contributed by atoms with Gasteiger partial charge in [-0.2, -0.15) is 0 Å². The molecule has 0 saturated carbocycles. The quantitative estimate of drug-likeness (QED) is 0.246. The third-order valence-electron chi connectivity index (χ3n) is 6.79. The van der Waals surface area contributed by atoms with Gasteiger partial charge in [0.05, 0.1) is 23.7 Å². The van der Waals surface area contributed by atoms with Crippen LogP contribution in [0.15, 0.2) is 133 Å². The molecule has 0 fully saturated rings. The third-order valence-corrected chi connectivity index (χ3v) is 7.71. The van der Waals surface area contributed by atoms with Gasteiger partial charge in [0.25, 0.3) is 0 Å². The predicted octanol–water partition coefficient (Wildman–Crippen LogP) is 8.86. The van der Waals surface area contributed by atoms with Crippen molar-refractivity contribution in [3.63, 3.8) is 0 Å². The molecular formula is C34H23N3OS. The standard InChI is InChI=1S/C34H23N3OS/c38-31-16-5-4-13-28(31)34-36-33-27(14-7-15-30(33)37(34)26-11-2-1-3-12-26)23-9-6-10-24(21-23)29-22-25(18-19-35-29)32-17-8-20-39-32/h1-22,38H/i13D. The molecule has 0 aliphatic carbocycles. The summed E-state index contributed by atoms with van der Waals surface area (Å²) >= 11 is 1.71. The zero-order valence-electron chi connectivity index (χ0n) is 21.8. The van der Waals surface area contributed by atoms with Crippen LogP contribution in [0.3, 0.4) is 0 Å². The van der Waals surface area contributed by atoms with Crippen LogP contribution >= 0.6 is 11.3 Å². The summed E-state index contributed by atoms with van der Waals surface area (Å²) in [4.78, 5) is 11.0. The van der Waals surface area contributed by atoms with Gasteiger partial charge in [-0.05, 0) is 71.1 Å². The van der Waals surface area contributed by atoms with E-state index in [0.717, 1.165) is 44.7 Å². The molecule has 0 radical (unpaired) electrons. The molecule has 0 saturated heterocycles. The molecule has 0 spiro atoms. The van der Waals surface area contributed by atoms with Crippen molar-refractivity contribution in [2.75, 3.05) is 0 Å². The van der Waals surface area contributed by atoms with E-state index < -0.39 is 0 Å². The van der Waals surface area contributed by atoms with E-state index in [9.17, 15) is 5.11 Å². The predicted molar refractivity (Wildman–Crippen MR) is 160 cm³/mol. The number of rotatable bonds is 5. The second-order valence-corrected chi connectivity index (χ2v) is 10.1. The molecule has 0 unspecified atom stereocenters. The maximum atomic E-state index is 10.8. The number of hydrogen-bond donors (Lipinski definition) is 1. The number of fused-ring (bicyclic) bond motifs is 1. The first-order valence-electron chi connectivity index (χ1n) is 13.1. The van der Waals surface area contributed by atoms with Gasteiger partial charge < -0.3 is 5.11 Å². The summed E-state index contributed by atoms with van der Waals surface area (Å²) in [6.45, 7) is 0. The number of hydrogen-bond acceptors (Lipinski definition) is 4. The fourth-order valence-electron chi connectivity index (χ4n) is 4.98. The Hall–Kier alpha value is -5.00. The SMILES string of the molecule is [2H]c1cccc(O)c1-c1nc2c(-c3cccc(-c4cc(-c5cccs5)ccn4)c3)cccc2n1-c1ccccc1. The van der Waals surface area contributed by atoms with E-state index in [1.807, 2.05) is 65.4 Å². The van der Waals surface area contributed by atoms with Crippen molar-refractivity contribution in [3.8, 4) is 55.6 Å². The van der Waals surface area contributed by atoms with E-state index in [-0.39, 0.29) is 11.8 Å². The first kappa shape index (κ1) is 22.0. The first-order valence-corrected chi connectivity index (χ1v) is 13.5. The number of imidazole rings is 1. The fraction of sp³-hybridized carbons (Fsp3) is 0. The molecule has 0 aliphatic heterocycles. The molecule has 3 aromatic heterocycles. The smallest absolute Gasteiger partial charge is 0.149 e. The topological polar surface area (TPSA) is 50.9 Å². The van der Waals surface area contributed by atoms with E-state index in [0.29, 0.717) is 11.4 Å². The Morgan fingerprint density at radius 2 is 1.56 bits per heavy atom. The van der Waals surface area contributed by atoms with Gasteiger partial charge in [-0.15, -0.1) is 11.3 Å². The molecule has 39 heavy (non-hydrogen) atoms. The maximum Gasteiger partial charge on any atom is 0.149 e. The van der Waals surface area contributed by atoms with Gasteiger partial charge in [0.1, 0.15) is 11.6 Å². The highest BCUT2D eigenvalue weighted by molar-refractivity contribution is 7.13. The minimum atomic E-state index is 0.0280. The molecule has 7 rings (SSSR count). The number of phenolic OH excluding ortho intramolecular Hbond substituents is 1. The molecule has 186 valence electrons. The second kappa shape index (κ2) is 9.71. The van der Waals surface area contributed by atoms with Crippen LogP contribution in [0.2, 0.25) is 0 Å². The largest absolute Gasteiger partial charge is 0.507 e. The average molecular weight is 523 g/mol. The molecule has 0 amide bonds. The van der Waals surface area contributed by atoms with E-state index in [2.05, 4.69) is 52.8 Å².